The topological polar surface area (TPSA) is 68.0 Å². The molecule has 5 nitrogen and oxygen atoms in total. The minimum absolute atomic E-state index is 0.270. The maximum absolute atomic E-state index is 13.6. The van der Waals surface area contributed by atoms with E-state index in [0.29, 0.717) is 22.4 Å². The molecule has 1 amide bonds. The van der Waals surface area contributed by atoms with Crippen molar-refractivity contribution < 1.29 is 13.6 Å². The third kappa shape index (κ3) is 4.29. The second kappa shape index (κ2) is 7.70. The lowest BCUT2D eigenvalue weighted by Crippen LogP contribution is -2.22. The molecule has 134 valence electrons. The summed E-state index contributed by atoms with van der Waals surface area (Å²) in [5.41, 5.74) is 2.90. The van der Waals surface area contributed by atoms with Crippen LogP contribution >= 0.6 is 11.8 Å². The van der Waals surface area contributed by atoms with E-state index in [2.05, 4.69) is 15.5 Å². The zero-order valence-electron chi connectivity index (χ0n) is 14.6. The van der Waals surface area contributed by atoms with Gasteiger partial charge in [0, 0.05) is 11.3 Å². The second-order valence-electron chi connectivity index (χ2n) is 5.95. The van der Waals surface area contributed by atoms with Crippen molar-refractivity contribution in [2.24, 2.45) is 0 Å². The van der Waals surface area contributed by atoms with Crippen LogP contribution < -0.4 is 5.32 Å². The van der Waals surface area contributed by atoms with Crippen LogP contribution in [-0.4, -0.2) is 21.4 Å². The Morgan fingerprint density at radius 3 is 2.58 bits per heavy atom. The predicted octanol–water partition coefficient (Wildman–Crippen LogP) is 4.61. The molecule has 0 fully saturated rings. The lowest BCUT2D eigenvalue weighted by atomic mass is 10.1. The van der Waals surface area contributed by atoms with Gasteiger partial charge in [0.2, 0.25) is 11.8 Å². The van der Waals surface area contributed by atoms with Gasteiger partial charge in [-0.25, -0.2) is 4.39 Å². The van der Waals surface area contributed by atoms with Crippen LogP contribution in [0.5, 0.6) is 0 Å². The van der Waals surface area contributed by atoms with Crippen LogP contribution in [0.1, 0.15) is 18.1 Å². The lowest BCUT2D eigenvalue weighted by Gasteiger charge is -2.10. The first kappa shape index (κ1) is 18.1. The Morgan fingerprint density at radius 2 is 1.88 bits per heavy atom. The number of amides is 1. The lowest BCUT2D eigenvalue weighted by molar-refractivity contribution is -0.115. The molecule has 0 saturated carbocycles. The molecule has 0 aliphatic heterocycles. The van der Waals surface area contributed by atoms with E-state index in [0.717, 1.165) is 22.9 Å². The Labute approximate surface area is 155 Å². The van der Waals surface area contributed by atoms with Crippen LogP contribution in [-0.2, 0) is 4.79 Å². The SMILES string of the molecule is Cc1ccc(-c2nnc(S[C@@H](C)C(=O)Nc3ccc(C)c(F)c3)o2)cc1. The molecule has 1 atom stereocenters. The molecule has 1 heterocycles. The van der Waals surface area contributed by atoms with Crippen molar-refractivity contribution in [1.82, 2.24) is 10.2 Å². The number of carbonyl (C=O) groups excluding carboxylic acids is 1. The quantitative estimate of drug-likeness (QED) is 0.663. The average Bonchev–Trinajstić information content (AvgIpc) is 3.07. The number of carbonyl (C=O) groups is 1. The largest absolute Gasteiger partial charge is 0.411 e. The van der Waals surface area contributed by atoms with Crippen molar-refractivity contribution in [1.29, 1.82) is 0 Å². The highest BCUT2D eigenvalue weighted by Gasteiger charge is 2.19. The molecule has 2 aromatic carbocycles. The van der Waals surface area contributed by atoms with Crippen molar-refractivity contribution in [3.05, 3.63) is 59.4 Å². The first-order chi connectivity index (χ1) is 12.4. The molecule has 3 aromatic rings. The van der Waals surface area contributed by atoms with E-state index in [1.165, 1.54) is 6.07 Å². The number of hydrogen-bond acceptors (Lipinski definition) is 5. The third-order valence-corrected chi connectivity index (χ3v) is 4.73. The highest BCUT2D eigenvalue weighted by atomic mass is 32.2. The first-order valence-electron chi connectivity index (χ1n) is 8.06. The van der Waals surface area contributed by atoms with Crippen LogP contribution in [0.2, 0.25) is 0 Å². The fourth-order valence-electron chi connectivity index (χ4n) is 2.19. The summed E-state index contributed by atoms with van der Waals surface area (Å²) in [5.74, 6) is -0.225. The van der Waals surface area contributed by atoms with E-state index in [4.69, 9.17) is 4.42 Å². The van der Waals surface area contributed by atoms with Gasteiger partial charge in [-0.2, -0.15) is 0 Å². The van der Waals surface area contributed by atoms with E-state index in [9.17, 15) is 9.18 Å². The number of rotatable bonds is 5. The molecule has 0 aliphatic carbocycles. The zero-order valence-corrected chi connectivity index (χ0v) is 15.4. The Balaban J connectivity index is 1.64. The monoisotopic (exact) mass is 371 g/mol. The minimum atomic E-state index is -0.481. The van der Waals surface area contributed by atoms with Gasteiger partial charge in [0.05, 0.1) is 5.25 Å². The van der Waals surface area contributed by atoms with E-state index >= 15 is 0 Å². The zero-order chi connectivity index (χ0) is 18.7. The second-order valence-corrected chi connectivity index (χ2v) is 7.24. The fourth-order valence-corrected chi connectivity index (χ4v) is 2.87. The number of aromatic nitrogens is 2. The highest BCUT2D eigenvalue weighted by molar-refractivity contribution is 8.00. The van der Waals surface area contributed by atoms with E-state index in [1.807, 2.05) is 31.2 Å². The number of thioether (sulfide) groups is 1. The van der Waals surface area contributed by atoms with Gasteiger partial charge in [-0.3, -0.25) is 4.79 Å². The molecule has 3 rings (SSSR count). The summed E-state index contributed by atoms with van der Waals surface area (Å²) in [6.07, 6.45) is 0. The van der Waals surface area contributed by atoms with Gasteiger partial charge in [0.1, 0.15) is 5.82 Å². The molecule has 0 unspecified atom stereocenters. The van der Waals surface area contributed by atoms with Crippen molar-refractivity contribution in [3.63, 3.8) is 0 Å². The normalized spacial score (nSPS) is 12.0. The van der Waals surface area contributed by atoms with Gasteiger partial charge in [0.15, 0.2) is 0 Å². The highest BCUT2D eigenvalue weighted by Crippen LogP contribution is 2.27. The molecule has 0 saturated heterocycles. The van der Waals surface area contributed by atoms with E-state index < -0.39 is 5.25 Å². The van der Waals surface area contributed by atoms with Crippen LogP contribution in [0, 0.1) is 19.7 Å². The summed E-state index contributed by atoms with van der Waals surface area (Å²) in [5, 5.41) is 10.5. The maximum atomic E-state index is 13.6. The van der Waals surface area contributed by atoms with Gasteiger partial charge in [-0.1, -0.05) is 35.5 Å². The Kier molecular flexibility index (Phi) is 5.37. The summed E-state index contributed by atoms with van der Waals surface area (Å²) >= 11 is 1.15. The van der Waals surface area contributed by atoms with Gasteiger partial charge < -0.3 is 9.73 Å². The number of nitrogens with zero attached hydrogens (tertiary/aromatic N) is 2. The first-order valence-corrected chi connectivity index (χ1v) is 8.94. The van der Waals surface area contributed by atoms with Crippen LogP contribution in [0.25, 0.3) is 11.5 Å². The number of aryl methyl sites for hydroxylation is 2. The standard InChI is InChI=1S/C19H18FN3O2S/c1-11-4-7-14(8-5-11)18-22-23-19(25-18)26-13(3)17(24)21-15-9-6-12(2)16(20)10-15/h4-10,13H,1-3H3,(H,21,24)/t13-/m0/s1. The molecule has 0 radical (unpaired) electrons. The number of hydrogen-bond donors (Lipinski definition) is 1. The van der Waals surface area contributed by atoms with E-state index in [-0.39, 0.29) is 11.7 Å². The van der Waals surface area contributed by atoms with Gasteiger partial charge in [-0.05, 0) is 50.6 Å². The average molecular weight is 371 g/mol. The maximum Gasteiger partial charge on any atom is 0.277 e. The summed E-state index contributed by atoms with van der Waals surface area (Å²) in [6.45, 7) is 5.39. The van der Waals surface area contributed by atoms with Gasteiger partial charge in [0.25, 0.3) is 5.22 Å². The van der Waals surface area contributed by atoms with Crippen molar-refractivity contribution in [2.45, 2.75) is 31.2 Å². The molecule has 1 aromatic heterocycles. The number of halogens is 1. The van der Waals surface area contributed by atoms with Crippen molar-refractivity contribution in [2.75, 3.05) is 5.32 Å². The van der Waals surface area contributed by atoms with Crippen molar-refractivity contribution >= 4 is 23.4 Å². The summed E-state index contributed by atoms with van der Waals surface area (Å²) in [6, 6.07) is 12.3. The van der Waals surface area contributed by atoms with Gasteiger partial charge >= 0.3 is 0 Å². The molecule has 0 spiro atoms. The van der Waals surface area contributed by atoms with Crippen LogP contribution in [0.15, 0.2) is 52.1 Å². The Bertz CT molecular complexity index is 925. The van der Waals surface area contributed by atoms with E-state index in [1.54, 1.807) is 26.0 Å². The summed E-state index contributed by atoms with van der Waals surface area (Å²) in [4.78, 5) is 12.3. The predicted molar refractivity (Wildman–Crippen MR) is 99.6 cm³/mol. The molecular formula is C19H18FN3O2S. The van der Waals surface area contributed by atoms with Gasteiger partial charge in [-0.15, -0.1) is 10.2 Å². The molecule has 0 aliphatic rings. The molecular weight excluding hydrogens is 353 g/mol. The van der Waals surface area contributed by atoms with Crippen LogP contribution in [0.3, 0.4) is 0 Å². The number of nitrogens with one attached hydrogen (secondary N) is 1. The van der Waals surface area contributed by atoms with Crippen molar-refractivity contribution in [3.8, 4) is 11.5 Å². The third-order valence-electron chi connectivity index (χ3n) is 3.79. The molecule has 1 N–H and O–H groups in total. The number of anilines is 1. The smallest absolute Gasteiger partial charge is 0.277 e. The molecule has 26 heavy (non-hydrogen) atoms. The Morgan fingerprint density at radius 1 is 1.15 bits per heavy atom. The number of benzene rings is 2. The minimum Gasteiger partial charge on any atom is -0.411 e. The molecule has 7 heteroatoms. The molecule has 0 bridgehead atoms. The summed E-state index contributed by atoms with van der Waals surface area (Å²) < 4.78 is 19.2. The van der Waals surface area contributed by atoms with Crippen LogP contribution in [0.4, 0.5) is 10.1 Å². The summed E-state index contributed by atoms with van der Waals surface area (Å²) in [7, 11) is 0. The Hall–Kier alpha value is -2.67. The fraction of sp³-hybridized carbons (Fsp3) is 0.211.